The smallest absolute Gasteiger partial charge is 0.144 e. The predicted octanol–water partition coefficient (Wildman–Crippen LogP) is 3.64. The van der Waals surface area contributed by atoms with Crippen LogP contribution in [0.25, 0.3) is 0 Å². The normalized spacial score (nSPS) is 24.1. The third-order valence-corrected chi connectivity index (χ3v) is 3.95. The van der Waals surface area contributed by atoms with Gasteiger partial charge in [0.05, 0.1) is 5.56 Å². The van der Waals surface area contributed by atoms with Crippen molar-refractivity contribution < 1.29 is 0 Å². The second-order valence-electron chi connectivity index (χ2n) is 5.33. The number of nitrogens with one attached hydrogen (secondary N) is 1. The quantitative estimate of drug-likeness (QED) is 0.807. The summed E-state index contributed by atoms with van der Waals surface area (Å²) in [5.41, 5.74) is 1.69. The minimum Gasteiger partial charge on any atom is -0.366 e. The number of hydrogen-bond donors (Lipinski definition) is 1. The molecule has 0 aliphatic heterocycles. The molecule has 2 atom stereocenters. The van der Waals surface area contributed by atoms with Crippen molar-refractivity contribution in [1.82, 2.24) is 4.98 Å². The van der Waals surface area contributed by atoms with Crippen LogP contribution < -0.4 is 5.32 Å². The fourth-order valence-corrected chi connectivity index (χ4v) is 2.69. The summed E-state index contributed by atoms with van der Waals surface area (Å²) in [5, 5.41) is 12.7. The monoisotopic (exact) mass is 243 g/mol. The summed E-state index contributed by atoms with van der Waals surface area (Å²) < 4.78 is 0. The molecule has 1 heterocycles. The van der Waals surface area contributed by atoms with Crippen LogP contribution in [0.2, 0.25) is 0 Å². The first-order valence-corrected chi connectivity index (χ1v) is 6.84. The first-order chi connectivity index (χ1) is 8.72. The van der Waals surface area contributed by atoms with Gasteiger partial charge in [-0.25, -0.2) is 4.98 Å². The van der Waals surface area contributed by atoms with Gasteiger partial charge in [-0.1, -0.05) is 26.2 Å². The fourth-order valence-electron chi connectivity index (χ4n) is 2.69. The van der Waals surface area contributed by atoms with E-state index in [0.717, 1.165) is 11.4 Å². The Kier molecular flexibility index (Phi) is 4.19. The third kappa shape index (κ3) is 2.81. The second-order valence-corrected chi connectivity index (χ2v) is 5.33. The van der Waals surface area contributed by atoms with Crippen molar-refractivity contribution in [3.05, 3.63) is 23.4 Å². The van der Waals surface area contributed by atoms with Crippen LogP contribution >= 0.6 is 0 Å². The SMILES string of the molecule is Cc1ccnc(NC2CCCCCC2C)c1C#N. The Morgan fingerprint density at radius 2 is 2.11 bits per heavy atom. The number of rotatable bonds is 2. The van der Waals surface area contributed by atoms with Crippen LogP contribution in [0.4, 0.5) is 5.82 Å². The molecule has 2 rings (SSSR count). The lowest BCUT2D eigenvalue weighted by molar-refractivity contribution is 0.455. The van der Waals surface area contributed by atoms with Gasteiger partial charge in [0.1, 0.15) is 11.9 Å². The fraction of sp³-hybridized carbons (Fsp3) is 0.600. The topological polar surface area (TPSA) is 48.7 Å². The summed E-state index contributed by atoms with van der Waals surface area (Å²) >= 11 is 0. The highest BCUT2D eigenvalue weighted by molar-refractivity contribution is 5.55. The second kappa shape index (κ2) is 5.86. The van der Waals surface area contributed by atoms with Gasteiger partial charge >= 0.3 is 0 Å². The number of aryl methyl sites for hydroxylation is 1. The number of hydrogen-bond acceptors (Lipinski definition) is 3. The van der Waals surface area contributed by atoms with Gasteiger partial charge in [0.25, 0.3) is 0 Å². The molecule has 96 valence electrons. The zero-order chi connectivity index (χ0) is 13.0. The van der Waals surface area contributed by atoms with Crippen molar-refractivity contribution in [3.63, 3.8) is 0 Å². The predicted molar refractivity (Wildman–Crippen MR) is 73.3 cm³/mol. The lowest BCUT2D eigenvalue weighted by Crippen LogP contribution is -2.27. The molecular formula is C15H21N3. The highest BCUT2D eigenvalue weighted by atomic mass is 15.0. The Morgan fingerprint density at radius 3 is 2.89 bits per heavy atom. The van der Waals surface area contributed by atoms with Gasteiger partial charge in [-0.2, -0.15) is 5.26 Å². The number of anilines is 1. The van der Waals surface area contributed by atoms with Crippen molar-refractivity contribution in [2.75, 3.05) is 5.32 Å². The van der Waals surface area contributed by atoms with E-state index in [1.54, 1.807) is 6.20 Å². The molecule has 1 aliphatic rings. The first kappa shape index (κ1) is 12.9. The number of aromatic nitrogens is 1. The molecule has 1 N–H and O–H groups in total. The van der Waals surface area contributed by atoms with Crippen molar-refractivity contribution in [2.45, 2.75) is 52.0 Å². The lowest BCUT2D eigenvalue weighted by atomic mass is 9.96. The minimum atomic E-state index is 0.453. The van der Waals surface area contributed by atoms with Gasteiger partial charge in [0.15, 0.2) is 0 Å². The first-order valence-electron chi connectivity index (χ1n) is 6.84. The maximum Gasteiger partial charge on any atom is 0.144 e. The van der Waals surface area contributed by atoms with Crippen LogP contribution in [-0.4, -0.2) is 11.0 Å². The van der Waals surface area contributed by atoms with E-state index >= 15 is 0 Å². The molecule has 0 saturated heterocycles. The number of pyridine rings is 1. The Hall–Kier alpha value is -1.56. The molecule has 0 radical (unpaired) electrons. The molecule has 0 aromatic carbocycles. The van der Waals surface area contributed by atoms with E-state index in [-0.39, 0.29) is 0 Å². The molecule has 3 heteroatoms. The molecule has 1 fully saturated rings. The highest BCUT2D eigenvalue weighted by Crippen LogP contribution is 2.26. The molecule has 1 saturated carbocycles. The van der Waals surface area contributed by atoms with Gasteiger partial charge in [0.2, 0.25) is 0 Å². The Bertz CT molecular complexity index is 448. The van der Waals surface area contributed by atoms with E-state index < -0.39 is 0 Å². The van der Waals surface area contributed by atoms with Gasteiger partial charge in [-0.15, -0.1) is 0 Å². The lowest BCUT2D eigenvalue weighted by Gasteiger charge is -2.24. The van der Waals surface area contributed by atoms with Crippen LogP contribution in [0.5, 0.6) is 0 Å². The summed E-state index contributed by atoms with van der Waals surface area (Å²) in [6.07, 6.45) is 8.16. The van der Waals surface area contributed by atoms with Crippen LogP contribution in [0.1, 0.15) is 50.2 Å². The molecule has 0 amide bonds. The van der Waals surface area contributed by atoms with Crippen molar-refractivity contribution in [1.29, 1.82) is 5.26 Å². The van der Waals surface area contributed by atoms with Crippen LogP contribution in [0.15, 0.2) is 12.3 Å². The molecule has 3 nitrogen and oxygen atoms in total. The average molecular weight is 243 g/mol. The Labute approximate surface area is 109 Å². The van der Waals surface area contributed by atoms with Crippen molar-refractivity contribution >= 4 is 5.82 Å². The number of nitrogens with zero attached hydrogens (tertiary/aromatic N) is 2. The van der Waals surface area contributed by atoms with E-state index in [9.17, 15) is 5.26 Å². The zero-order valence-electron chi connectivity index (χ0n) is 11.2. The third-order valence-electron chi connectivity index (χ3n) is 3.95. The molecule has 18 heavy (non-hydrogen) atoms. The maximum atomic E-state index is 9.22. The molecule has 0 spiro atoms. The van der Waals surface area contributed by atoms with Gasteiger partial charge < -0.3 is 5.32 Å². The molecular weight excluding hydrogens is 222 g/mol. The van der Waals surface area contributed by atoms with Gasteiger partial charge in [-0.3, -0.25) is 0 Å². The van der Waals surface area contributed by atoms with Crippen LogP contribution in [-0.2, 0) is 0 Å². The zero-order valence-corrected chi connectivity index (χ0v) is 11.2. The van der Waals surface area contributed by atoms with E-state index in [2.05, 4.69) is 23.3 Å². The van der Waals surface area contributed by atoms with Crippen molar-refractivity contribution in [2.24, 2.45) is 5.92 Å². The summed E-state index contributed by atoms with van der Waals surface area (Å²) in [4.78, 5) is 4.34. The summed E-state index contributed by atoms with van der Waals surface area (Å²) in [6, 6.07) is 4.60. The van der Waals surface area contributed by atoms with E-state index in [0.29, 0.717) is 17.5 Å². The molecule has 1 aromatic heterocycles. The molecule has 0 bridgehead atoms. The van der Waals surface area contributed by atoms with E-state index in [1.807, 2.05) is 13.0 Å². The molecule has 1 aliphatic carbocycles. The highest BCUT2D eigenvalue weighted by Gasteiger charge is 2.21. The maximum absolute atomic E-state index is 9.22. The average Bonchev–Trinajstić information content (AvgIpc) is 2.55. The molecule has 2 unspecified atom stereocenters. The molecule has 1 aromatic rings. The standard InChI is InChI=1S/C15H21N3/c1-11-8-9-17-15(13(11)10-16)18-14-7-5-3-4-6-12(14)2/h8-9,12,14H,3-7H2,1-2H3,(H,17,18). The van der Waals surface area contributed by atoms with Crippen LogP contribution in [0.3, 0.4) is 0 Å². The number of nitriles is 1. The van der Waals surface area contributed by atoms with E-state index in [4.69, 9.17) is 0 Å². The summed E-state index contributed by atoms with van der Waals surface area (Å²) in [6.45, 7) is 4.26. The van der Waals surface area contributed by atoms with Crippen LogP contribution in [0, 0.1) is 24.2 Å². The largest absolute Gasteiger partial charge is 0.366 e. The minimum absolute atomic E-state index is 0.453. The van der Waals surface area contributed by atoms with E-state index in [1.165, 1.54) is 32.1 Å². The van der Waals surface area contributed by atoms with Gasteiger partial charge in [0, 0.05) is 12.2 Å². The van der Waals surface area contributed by atoms with Gasteiger partial charge in [-0.05, 0) is 37.3 Å². The Balaban J connectivity index is 2.18. The summed E-state index contributed by atoms with van der Waals surface area (Å²) in [7, 11) is 0. The Morgan fingerprint density at radius 1 is 1.33 bits per heavy atom. The summed E-state index contributed by atoms with van der Waals surface area (Å²) in [5.74, 6) is 1.41. The van der Waals surface area contributed by atoms with Crippen molar-refractivity contribution in [3.8, 4) is 6.07 Å².